The van der Waals surface area contributed by atoms with Gasteiger partial charge in [0.25, 0.3) is 15.9 Å². The fourth-order valence-electron chi connectivity index (χ4n) is 4.12. The molecule has 1 amide bonds. The number of anilines is 2. The second kappa shape index (κ2) is 9.95. The molecule has 0 atom stereocenters. The first-order valence-electron chi connectivity index (χ1n) is 11.3. The van der Waals surface area contributed by atoms with Crippen LogP contribution in [0.3, 0.4) is 0 Å². The summed E-state index contributed by atoms with van der Waals surface area (Å²) in [6.07, 6.45) is 0. The molecule has 3 aromatic carbocycles. The van der Waals surface area contributed by atoms with Gasteiger partial charge in [-0.3, -0.25) is 9.52 Å². The highest BCUT2D eigenvalue weighted by atomic mass is 32.2. The number of sulfonamides is 1. The van der Waals surface area contributed by atoms with E-state index in [0.29, 0.717) is 31.9 Å². The van der Waals surface area contributed by atoms with Crippen molar-refractivity contribution in [1.82, 2.24) is 4.90 Å². The number of hydrogen-bond donors (Lipinski definition) is 1. The van der Waals surface area contributed by atoms with Crippen molar-refractivity contribution in [3.05, 3.63) is 83.2 Å². The van der Waals surface area contributed by atoms with Crippen LogP contribution >= 0.6 is 0 Å². The molecule has 0 unspecified atom stereocenters. The molecule has 0 radical (unpaired) electrons. The van der Waals surface area contributed by atoms with Crippen molar-refractivity contribution in [2.24, 2.45) is 0 Å². The summed E-state index contributed by atoms with van der Waals surface area (Å²) in [5.41, 5.74) is 3.96. The maximum atomic E-state index is 14.5. The van der Waals surface area contributed by atoms with E-state index in [1.165, 1.54) is 36.4 Å². The van der Waals surface area contributed by atoms with Crippen LogP contribution in [0.15, 0.2) is 65.6 Å². The smallest absolute Gasteiger partial charge is 0.264 e. The van der Waals surface area contributed by atoms with Crippen molar-refractivity contribution in [2.75, 3.05) is 42.9 Å². The van der Waals surface area contributed by atoms with E-state index >= 15 is 0 Å². The summed E-state index contributed by atoms with van der Waals surface area (Å²) in [5, 5.41) is 0. The number of carbonyl (C=O) groups is 1. The Kier molecular flexibility index (Phi) is 6.98. The molecule has 0 aliphatic carbocycles. The van der Waals surface area contributed by atoms with Crippen molar-refractivity contribution < 1.29 is 22.3 Å². The van der Waals surface area contributed by atoms with Gasteiger partial charge in [-0.2, -0.15) is 0 Å². The van der Waals surface area contributed by atoms with Crippen LogP contribution in [0.5, 0.6) is 5.75 Å². The van der Waals surface area contributed by atoms with Gasteiger partial charge in [0.1, 0.15) is 16.5 Å². The summed E-state index contributed by atoms with van der Waals surface area (Å²) in [6.45, 7) is 6.43. The number of ether oxygens (including phenoxy) is 1. The number of rotatable bonds is 6. The topological polar surface area (TPSA) is 78.9 Å². The summed E-state index contributed by atoms with van der Waals surface area (Å²) >= 11 is 0. The van der Waals surface area contributed by atoms with Gasteiger partial charge in [-0.15, -0.1) is 0 Å². The minimum absolute atomic E-state index is 0.127. The third-order valence-electron chi connectivity index (χ3n) is 6.29. The van der Waals surface area contributed by atoms with Gasteiger partial charge in [0, 0.05) is 43.1 Å². The maximum Gasteiger partial charge on any atom is 0.264 e. The van der Waals surface area contributed by atoms with E-state index < -0.39 is 20.7 Å². The first kappa shape index (κ1) is 24.5. The van der Waals surface area contributed by atoms with Crippen LogP contribution in [0, 0.1) is 19.7 Å². The fourth-order valence-corrected chi connectivity index (χ4v) is 5.29. The van der Waals surface area contributed by atoms with Crippen molar-refractivity contribution in [2.45, 2.75) is 18.7 Å². The molecule has 7 nitrogen and oxygen atoms in total. The SMILES string of the molecule is COc1ccc(NS(=O)(=O)c2cc(C(=O)N3CCN(c4cccc(C)c4C)CC3)ccc2F)cc1. The molecule has 0 aromatic heterocycles. The second-order valence-corrected chi connectivity index (χ2v) is 10.1. The molecule has 0 saturated carbocycles. The Balaban J connectivity index is 1.49. The number of halogens is 1. The Bertz CT molecular complexity index is 1340. The van der Waals surface area contributed by atoms with Crippen LogP contribution in [0.1, 0.15) is 21.5 Å². The number of nitrogens with one attached hydrogen (secondary N) is 1. The molecule has 0 bridgehead atoms. The minimum atomic E-state index is -4.25. The third-order valence-corrected chi connectivity index (χ3v) is 7.69. The van der Waals surface area contributed by atoms with E-state index in [0.717, 1.165) is 17.8 Å². The average Bonchev–Trinajstić information content (AvgIpc) is 2.86. The molecule has 3 aromatic rings. The molecule has 1 fully saturated rings. The van der Waals surface area contributed by atoms with Crippen molar-refractivity contribution in [3.8, 4) is 5.75 Å². The first-order chi connectivity index (χ1) is 16.7. The number of methoxy groups -OCH3 is 1. The van der Waals surface area contributed by atoms with Crippen LogP contribution in [0.25, 0.3) is 0 Å². The molecule has 4 rings (SSSR count). The molecule has 1 N–H and O–H groups in total. The average molecular weight is 498 g/mol. The lowest BCUT2D eigenvalue weighted by Gasteiger charge is -2.37. The highest BCUT2D eigenvalue weighted by Crippen LogP contribution is 2.26. The van der Waals surface area contributed by atoms with Gasteiger partial charge in [-0.05, 0) is 73.5 Å². The normalized spacial score (nSPS) is 14.1. The highest BCUT2D eigenvalue weighted by Gasteiger charge is 2.26. The Labute approximate surface area is 205 Å². The molecule has 1 saturated heterocycles. The van der Waals surface area contributed by atoms with E-state index in [1.807, 2.05) is 6.07 Å². The maximum absolute atomic E-state index is 14.5. The molecule has 35 heavy (non-hydrogen) atoms. The highest BCUT2D eigenvalue weighted by molar-refractivity contribution is 7.92. The summed E-state index contributed by atoms with van der Waals surface area (Å²) < 4.78 is 47.7. The van der Waals surface area contributed by atoms with Gasteiger partial charge in [0.15, 0.2) is 0 Å². The predicted molar refractivity (Wildman–Crippen MR) is 134 cm³/mol. The first-order valence-corrected chi connectivity index (χ1v) is 12.7. The predicted octanol–water partition coefficient (Wildman–Crippen LogP) is 4.21. The third kappa shape index (κ3) is 5.24. The van der Waals surface area contributed by atoms with Crippen LogP contribution in [-0.4, -0.2) is 52.5 Å². The lowest BCUT2D eigenvalue weighted by Crippen LogP contribution is -2.49. The number of nitrogens with zero attached hydrogens (tertiary/aromatic N) is 2. The Morgan fingerprint density at radius 2 is 1.66 bits per heavy atom. The largest absolute Gasteiger partial charge is 0.497 e. The van der Waals surface area contributed by atoms with Crippen molar-refractivity contribution in [3.63, 3.8) is 0 Å². The van der Waals surface area contributed by atoms with E-state index in [9.17, 15) is 17.6 Å². The van der Waals surface area contributed by atoms with Gasteiger partial charge in [0.2, 0.25) is 0 Å². The summed E-state index contributed by atoms with van der Waals surface area (Å²) in [4.78, 5) is 16.5. The molecule has 9 heteroatoms. The van der Waals surface area contributed by atoms with Crippen molar-refractivity contribution in [1.29, 1.82) is 0 Å². The van der Waals surface area contributed by atoms with Gasteiger partial charge < -0.3 is 14.5 Å². The second-order valence-electron chi connectivity index (χ2n) is 8.48. The zero-order valence-corrected chi connectivity index (χ0v) is 20.7. The summed E-state index contributed by atoms with van der Waals surface area (Å²) in [5.74, 6) is -0.696. The molecular weight excluding hydrogens is 469 g/mol. The van der Waals surface area contributed by atoms with Gasteiger partial charge in [0.05, 0.1) is 7.11 Å². The van der Waals surface area contributed by atoms with Crippen LogP contribution < -0.4 is 14.4 Å². The zero-order chi connectivity index (χ0) is 25.2. The Morgan fingerprint density at radius 3 is 2.31 bits per heavy atom. The Hall–Kier alpha value is -3.59. The monoisotopic (exact) mass is 497 g/mol. The number of benzene rings is 3. The van der Waals surface area contributed by atoms with E-state index in [2.05, 4.69) is 35.6 Å². The van der Waals surface area contributed by atoms with Gasteiger partial charge in [-0.25, -0.2) is 12.8 Å². The molecule has 1 aliphatic heterocycles. The zero-order valence-electron chi connectivity index (χ0n) is 19.9. The number of carbonyl (C=O) groups excluding carboxylic acids is 1. The van der Waals surface area contributed by atoms with Crippen LogP contribution in [0.4, 0.5) is 15.8 Å². The standard InChI is InChI=1S/C26H28FN3O4S/c1-18-5-4-6-24(19(18)2)29-13-15-30(16-14-29)26(31)20-7-12-23(27)25(17-20)35(32,33)28-21-8-10-22(34-3)11-9-21/h4-12,17,28H,13-16H2,1-3H3. The number of hydrogen-bond acceptors (Lipinski definition) is 5. The van der Waals surface area contributed by atoms with E-state index in [1.54, 1.807) is 17.0 Å². The fraction of sp³-hybridized carbons (Fsp3) is 0.269. The summed E-state index contributed by atoms with van der Waals surface area (Å²) in [6, 6.07) is 15.8. The number of amides is 1. The molecule has 184 valence electrons. The summed E-state index contributed by atoms with van der Waals surface area (Å²) in [7, 11) is -2.75. The molecule has 1 heterocycles. The quantitative estimate of drug-likeness (QED) is 0.552. The number of piperazine rings is 1. The van der Waals surface area contributed by atoms with Crippen molar-refractivity contribution >= 4 is 27.3 Å². The molecular formula is C26H28FN3O4S. The van der Waals surface area contributed by atoms with Crippen LogP contribution in [0.2, 0.25) is 0 Å². The number of aryl methyl sites for hydroxylation is 1. The lowest BCUT2D eigenvalue weighted by atomic mass is 10.1. The minimum Gasteiger partial charge on any atom is -0.497 e. The van der Waals surface area contributed by atoms with Gasteiger partial charge in [-0.1, -0.05) is 12.1 Å². The van der Waals surface area contributed by atoms with Crippen LogP contribution in [-0.2, 0) is 10.0 Å². The van der Waals surface area contributed by atoms with E-state index in [-0.39, 0.29) is 17.2 Å². The molecule has 1 aliphatic rings. The Morgan fingerprint density at radius 1 is 0.971 bits per heavy atom. The molecule has 0 spiro atoms. The van der Waals surface area contributed by atoms with Gasteiger partial charge >= 0.3 is 0 Å². The lowest BCUT2D eigenvalue weighted by molar-refractivity contribution is 0.0746. The van der Waals surface area contributed by atoms with E-state index in [4.69, 9.17) is 4.74 Å².